The number of hydrogen-bond acceptors (Lipinski definition) is 6. The molecule has 0 saturated heterocycles. The molecule has 7 heteroatoms. The zero-order chi connectivity index (χ0) is 14.9. The van der Waals surface area contributed by atoms with E-state index in [1.54, 1.807) is 11.3 Å². The van der Waals surface area contributed by atoms with Crippen LogP contribution in [-0.4, -0.2) is 24.9 Å². The van der Waals surface area contributed by atoms with E-state index in [1.807, 2.05) is 46.3 Å². The number of nitrogens with zero attached hydrogens (tertiary/aromatic N) is 4. The summed E-state index contributed by atoms with van der Waals surface area (Å²) in [6, 6.07) is 11.6. The second kappa shape index (κ2) is 5.36. The van der Waals surface area contributed by atoms with Crippen LogP contribution in [0, 0.1) is 0 Å². The molecule has 1 aromatic carbocycles. The van der Waals surface area contributed by atoms with Crippen LogP contribution in [0.25, 0.3) is 21.8 Å². The fourth-order valence-corrected chi connectivity index (χ4v) is 3.02. The highest BCUT2D eigenvalue weighted by atomic mass is 32.1. The summed E-state index contributed by atoms with van der Waals surface area (Å²) >= 11 is 1.55. The van der Waals surface area contributed by atoms with E-state index in [2.05, 4.69) is 15.2 Å². The lowest BCUT2D eigenvalue weighted by Crippen LogP contribution is -2.05. The van der Waals surface area contributed by atoms with E-state index in [-0.39, 0.29) is 6.61 Å². The summed E-state index contributed by atoms with van der Waals surface area (Å²) < 4.78 is 7.60. The number of rotatable bonds is 4. The molecule has 0 unspecified atom stereocenters. The summed E-state index contributed by atoms with van der Waals surface area (Å²) in [5, 5.41) is 19.6. The van der Waals surface area contributed by atoms with Crippen LogP contribution < -0.4 is 0 Å². The minimum atomic E-state index is -0.138. The lowest BCUT2D eigenvalue weighted by Gasteiger charge is -2.03. The Labute approximate surface area is 129 Å². The Balaban J connectivity index is 1.72. The quantitative estimate of drug-likeness (QED) is 0.627. The topological polar surface area (TPSA) is 77.0 Å². The smallest absolute Gasteiger partial charge is 0.257 e. The molecule has 0 fully saturated rings. The molecular weight excluding hydrogens is 300 g/mol. The highest BCUT2D eigenvalue weighted by molar-refractivity contribution is 7.13. The number of hydrogen-bond donors (Lipinski definition) is 1. The summed E-state index contributed by atoms with van der Waals surface area (Å²) in [5.41, 5.74) is 1.77. The van der Waals surface area contributed by atoms with Gasteiger partial charge in [0.2, 0.25) is 5.89 Å². The molecule has 3 aromatic heterocycles. The monoisotopic (exact) mass is 312 g/mol. The zero-order valence-corrected chi connectivity index (χ0v) is 12.3. The first kappa shape index (κ1) is 13.2. The molecule has 4 aromatic rings. The van der Waals surface area contributed by atoms with Gasteiger partial charge in [0.25, 0.3) is 5.89 Å². The predicted octanol–water partition coefficient (Wildman–Crippen LogP) is 2.69. The Hall–Kier alpha value is -2.51. The number of aliphatic hydroxyl groups excluding tert-OH is 1. The van der Waals surface area contributed by atoms with Crippen molar-refractivity contribution in [2.75, 3.05) is 0 Å². The average Bonchev–Trinajstić information content (AvgIpc) is 3.27. The Morgan fingerprint density at radius 3 is 2.86 bits per heavy atom. The number of imidazole rings is 1. The molecule has 0 amide bonds. The second-order valence-electron chi connectivity index (χ2n) is 4.74. The summed E-state index contributed by atoms with van der Waals surface area (Å²) in [6.07, 6.45) is 0. The van der Waals surface area contributed by atoms with E-state index < -0.39 is 0 Å². The summed E-state index contributed by atoms with van der Waals surface area (Å²) in [7, 11) is 0. The molecule has 0 bridgehead atoms. The molecule has 0 radical (unpaired) electrons. The molecule has 0 saturated carbocycles. The molecule has 22 heavy (non-hydrogen) atoms. The fraction of sp³-hybridized carbons (Fsp3) is 0.133. The van der Waals surface area contributed by atoms with Crippen molar-refractivity contribution in [3.05, 3.63) is 53.5 Å². The SMILES string of the molecule is OCc1nc2ccccc2n1Cc1nnc(-c2cccs2)o1. The zero-order valence-electron chi connectivity index (χ0n) is 11.5. The molecule has 0 spiro atoms. The van der Waals surface area contributed by atoms with Gasteiger partial charge in [-0.3, -0.25) is 0 Å². The van der Waals surface area contributed by atoms with Crippen LogP contribution in [0.5, 0.6) is 0 Å². The molecule has 110 valence electrons. The predicted molar refractivity (Wildman–Crippen MR) is 82.4 cm³/mol. The van der Waals surface area contributed by atoms with Crippen molar-refractivity contribution in [3.63, 3.8) is 0 Å². The number of benzene rings is 1. The number of aromatic nitrogens is 4. The minimum absolute atomic E-state index is 0.138. The Morgan fingerprint density at radius 2 is 2.05 bits per heavy atom. The van der Waals surface area contributed by atoms with Gasteiger partial charge in [-0.2, -0.15) is 0 Å². The lowest BCUT2D eigenvalue weighted by atomic mass is 10.3. The molecular formula is C15H12N4O2S. The second-order valence-corrected chi connectivity index (χ2v) is 5.69. The van der Waals surface area contributed by atoms with Gasteiger partial charge in [0.05, 0.1) is 15.9 Å². The van der Waals surface area contributed by atoms with Crippen LogP contribution in [0.3, 0.4) is 0 Å². The van der Waals surface area contributed by atoms with Crippen molar-refractivity contribution in [3.8, 4) is 10.8 Å². The van der Waals surface area contributed by atoms with Gasteiger partial charge < -0.3 is 14.1 Å². The van der Waals surface area contributed by atoms with Crippen LogP contribution in [0.15, 0.2) is 46.2 Å². The number of thiophene rings is 1. The number of fused-ring (bicyclic) bond motifs is 1. The molecule has 0 aliphatic heterocycles. The normalized spacial score (nSPS) is 11.3. The minimum Gasteiger partial charge on any atom is -0.418 e. The van der Waals surface area contributed by atoms with Crippen LogP contribution >= 0.6 is 11.3 Å². The van der Waals surface area contributed by atoms with Gasteiger partial charge in [-0.25, -0.2) is 4.98 Å². The van der Waals surface area contributed by atoms with Gasteiger partial charge in [-0.15, -0.1) is 21.5 Å². The molecule has 0 aliphatic carbocycles. The van der Waals surface area contributed by atoms with E-state index in [4.69, 9.17) is 4.42 Å². The molecule has 0 atom stereocenters. The van der Waals surface area contributed by atoms with Crippen molar-refractivity contribution >= 4 is 22.4 Å². The van der Waals surface area contributed by atoms with E-state index in [0.717, 1.165) is 15.9 Å². The van der Waals surface area contributed by atoms with Crippen molar-refractivity contribution in [2.24, 2.45) is 0 Å². The van der Waals surface area contributed by atoms with Crippen LogP contribution in [0.2, 0.25) is 0 Å². The lowest BCUT2D eigenvalue weighted by molar-refractivity contribution is 0.266. The van der Waals surface area contributed by atoms with Crippen molar-refractivity contribution in [2.45, 2.75) is 13.2 Å². The Morgan fingerprint density at radius 1 is 1.14 bits per heavy atom. The number of para-hydroxylation sites is 2. The van der Waals surface area contributed by atoms with Crippen LogP contribution in [0.1, 0.15) is 11.7 Å². The Bertz CT molecular complexity index is 911. The maximum absolute atomic E-state index is 9.50. The first-order chi connectivity index (χ1) is 10.8. The highest BCUT2D eigenvalue weighted by Gasteiger charge is 2.14. The highest BCUT2D eigenvalue weighted by Crippen LogP contribution is 2.24. The first-order valence-electron chi connectivity index (χ1n) is 6.76. The van der Waals surface area contributed by atoms with E-state index in [9.17, 15) is 5.11 Å². The maximum atomic E-state index is 9.50. The molecule has 4 rings (SSSR count). The van der Waals surface area contributed by atoms with Crippen molar-refractivity contribution < 1.29 is 9.52 Å². The largest absolute Gasteiger partial charge is 0.418 e. The van der Waals surface area contributed by atoms with E-state index >= 15 is 0 Å². The number of aliphatic hydroxyl groups is 1. The van der Waals surface area contributed by atoms with Gasteiger partial charge in [0.15, 0.2) is 0 Å². The first-order valence-corrected chi connectivity index (χ1v) is 7.64. The molecule has 6 nitrogen and oxygen atoms in total. The fourth-order valence-electron chi connectivity index (χ4n) is 2.38. The van der Waals surface area contributed by atoms with Gasteiger partial charge in [0, 0.05) is 0 Å². The van der Waals surface area contributed by atoms with Gasteiger partial charge in [-0.05, 0) is 23.6 Å². The third-order valence-electron chi connectivity index (χ3n) is 3.37. The molecule has 0 aliphatic rings. The average molecular weight is 312 g/mol. The molecule has 1 N–H and O–H groups in total. The summed E-state index contributed by atoms with van der Waals surface area (Å²) in [5.74, 6) is 1.58. The molecule has 3 heterocycles. The van der Waals surface area contributed by atoms with Crippen molar-refractivity contribution in [1.29, 1.82) is 0 Å². The van der Waals surface area contributed by atoms with Crippen LogP contribution in [0.4, 0.5) is 0 Å². The third kappa shape index (κ3) is 2.20. The summed E-state index contributed by atoms with van der Waals surface area (Å²) in [4.78, 5) is 5.35. The van der Waals surface area contributed by atoms with Crippen molar-refractivity contribution in [1.82, 2.24) is 19.7 Å². The van der Waals surface area contributed by atoms with E-state index in [1.165, 1.54) is 0 Å². The van der Waals surface area contributed by atoms with Crippen LogP contribution in [-0.2, 0) is 13.2 Å². The standard InChI is InChI=1S/C15H12N4O2S/c20-9-13-16-10-4-1-2-5-11(10)19(13)8-14-17-18-15(21-14)12-6-3-7-22-12/h1-7,20H,8-9H2. The van der Waals surface area contributed by atoms with E-state index in [0.29, 0.717) is 24.2 Å². The van der Waals surface area contributed by atoms with Gasteiger partial charge >= 0.3 is 0 Å². The Kier molecular flexibility index (Phi) is 3.21. The van der Waals surface area contributed by atoms with Gasteiger partial charge in [-0.1, -0.05) is 18.2 Å². The third-order valence-corrected chi connectivity index (χ3v) is 4.23. The maximum Gasteiger partial charge on any atom is 0.257 e. The van der Waals surface area contributed by atoms with Gasteiger partial charge in [0.1, 0.15) is 19.0 Å². The summed E-state index contributed by atoms with van der Waals surface area (Å²) in [6.45, 7) is 0.245.